The van der Waals surface area contributed by atoms with E-state index in [-0.39, 0.29) is 6.54 Å². The zero-order valence-electron chi connectivity index (χ0n) is 5.99. The van der Waals surface area contributed by atoms with E-state index in [0.717, 1.165) is 0 Å². The van der Waals surface area contributed by atoms with Gasteiger partial charge in [0.1, 0.15) is 0 Å². The van der Waals surface area contributed by atoms with Crippen LogP contribution in [0.4, 0.5) is 13.2 Å². The lowest BCUT2D eigenvalue weighted by atomic mass is 10.1. The maximum Gasteiger partial charge on any atom is 0.270 e. The van der Waals surface area contributed by atoms with E-state index in [2.05, 4.69) is 10.6 Å². The molecule has 1 aliphatic rings. The first kappa shape index (κ1) is 8.80. The van der Waals surface area contributed by atoms with Crippen LogP contribution in [-0.2, 0) is 0 Å². The number of hydrogen-bond donors (Lipinski definition) is 2. The Kier molecular flexibility index (Phi) is 3.14. The highest BCUT2D eigenvalue weighted by Gasteiger charge is 2.30. The van der Waals surface area contributed by atoms with Crippen LogP contribution in [0.1, 0.15) is 0 Å². The molecule has 0 bridgehead atoms. The van der Waals surface area contributed by atoms with Crippen molar-refractivity contribution in [2.75, 3.05) is 19.6 Å². The molecule has 0 aliphatic carbocycles. The van der Waals surface area contributed by atoms with Crippen LogP contribution in [0, 0.1) is 0 Å². The van der Waals surface area contributed by atoms with Gasteiger partial charge in [-0.25, -0.2) is 13.2 Å². The van der Waals surface area contributed by atoms with Crippen LogP contribution in [-0.4, -0.2) is 38.3 Å². The number of piperazine rings is 1. The van der Waals surface area contributed by atoms with E-state index in [1.54, 1.807) is 0 Å². The van der Waals surface area contributed by atoms with Gasteiger partial charge in [-0.2, -0.15) is 0 Å². The summed E-state index contributed by atoms with van der Waals surface area (Å²) in [5.74, 6) is 0. The molecule has 0 spiro atoms. The summed E-state index contributed by atoms with van der Waals surface area (Å²) in [7, 11) is 0. The minimum absolute atomic E-state index is 0.283. The van der Waals surface area contributed by atoms with Crippen molar-refractivity contribution in [3.8, 4) is 0 Å². The number of alkyl halides is 3. The highest BCUT2D eigenvalue weighted by molar-refractivity contribution is 4.83. The Bertz CT molecular complexity index is 114. The van der Waals surface area contributed by atoms with Crippen molar-refractivity contribution >= 4 is 0 Å². The Labute approximate surface area is 63.2 Å². The summed E-state index contributed by atoms with van der Waals surface area (Å²) in [5, 5.41) is 5.52. The van der Waals surface area contributed by atoms with E-state index >= 15 is 0 Å². The molecule has 2 N–H and O–H groups in total. The first-order valence-corrected chi connectivity index (χ1v) is 3.58. The second-order valence-corrected chi connectivity index (χ2v) is 2.54. The molecule has 66 valence electrons. The Morgan fingerprint density at radius 3 is 2.36 bits per heavy atom. The van der Waals surface area contributed by atoms with Gasteiger partial charge in [0.05, 0.1) is 6.04 Å². The van der Waals surface area contributed by atoms with Crippen LogP contribution in [0.25, 0.3) is 0 Å². The van der Waals surface area contributed by atoms with Crippen LogP contribution < -0.4 is 10.6 Å². The first-order chi connectivity index (χ1) is 5.22. The molecule has 0 radical (unpaired) electrons. The van der Waals surface area contributed by atoms with Gasteiger partial charge < -0.3 is 10.6 Å². The molecule has 0 aromatic carbocycles. The van der Waals surface area contributed by atoms with Gasteiger partial charge in [-0.3, -0.25) is 0 Å². The van der Waals surface area contributed by atoms with Gasteiger partial charge in [0.15, 0.2) is 6.17 Å². The first-order valence-electron chi connectivity index (χ1n) is 3.58. The molecule has 1 saturated heterocycles. The number of halogens is 3. The van der Waals surface area contributed by atoms with Gasteiger partial charge in [0.2, 0.25) is 0 Å². The van der Waals surface area contributed by atoms with Crippen molar-refractivity contribution in [1.82, 2.24) is 10.6 Å². The fourth-order valence-corrected chi connectivity index (χ4v) is 1.08. The maximum atomic E-state index is 12.6. The van der Waals surface area contributed by atoms with Crippen LogP contribution in [0.15, 0.2) is 0 Å². The van der Waals surface area contributed by atoms with Gasteiger partial charge in [-0.15, -0.1) is 0 Å². The molecule has 0 saturated carbocycles. The van der Waals surface area contributed by atoms with Gasteiger partial charge in [-0.1, -0.05) is 0 Å². The fraction of sp³-hybridized carbons (Fsp3) is 1.00. The molecule has 1 rings (SSSR count). The van der Waals surface area contributed by atoms with Crippen molar-refractivity contribution in [3.63, 3.8) is 0 Å². The molecule has 1 fully saturated rings. The lowest BCUT2D eigenvalue weighted by Crippen LogP contribution is -2.54. The third-order valence-corrected chi connectivity index (χ3v) is 1.70. The zero-order chi connectivity index (χ0) is 8.27. The summed E-state index contributed by atoms with van der Waals surface area (Å²) in [6, 6.07) is -0.733. The summed E-state index contributed by atoms with van der Waals surface area (Å²) in [4.78, 5) is 0. The van der Waals surface area contributed by atoms with Crippen LogP contribution in [0.3, 0.4) is 0 Å². The van der Waals surface area contributed by atoms with Crippen molar-refractivity contribution in [2.45, 2.75) is 18.6 Å². The summed E-state index contributed by atoms with van der Waals surface area (Å²) in [6.45, 7) is 1.55. The van der Waals surface area contributed by atoms with Crippen molar-refractivity contribution in [2.24, 2.45) is 0 Å². The van der Waals surface area contributed by atoms with Gasteiger partial charge >= 0.3 is 0 Å². The molecule has 0 aromatic heterocycles. The van der Waals surface area contributed by atoms with Crippen molar-refractivity contribution < 1.29 is 13.2 Å². The summed E-state index contributed by atoms with van der Waals surface area (Å²) in [5.41, 5.74) is 0. The topological polar surface area (TPSA) is 24.1 Å². The zero-order valence-corrected chi connectivity index (χ0v) is 5.99. The SMILES string of the molecule is FC(F)C(F)C1CNCCN1. The van der Waals surface area contributed by atoms with Crippen LogP contribution in [0.2, 0.25) is 0 Å². The Balaban J connectivity index is 2.32. The third kappa shape index (κ3) is 2.34. The average molecular weight is 168 g/mol. The molecule has 1 heterocycles. The average Bonchev–Trinajstić information content (AvgIpc) is 2.05. The van der Waals surface area contributed by atoms with Gasteiger partial charge in [-0.05, 0) is 0 Å². The maximum absolute atomic E-state index is 12.6. The number of rotatable bonds is 2. The molecular formula is C6H11F3N2. The van der Waals surface area contributed by atoms with E-state index in [9.17, 15) is 13.2 Å². The Hall–Kier alpha value is -0.290. The quantitative estimate of drug-likeness (QED) is 0.613. The third-order valence-electron chi connectivity index (χ3n) is 1.70. The van der Waals surface area contributed by atoms with Crippen LogP contribution in [0.5, 0.6) is 0 Å². The fourth-order valence-electron chi connectivity index (χ4n) is 1.08. The smallest absolute Gasteiger partial charge is 0.270 e. The van der Waals surface area contributed by atoms with E-state index in [1.807, 2.05) is 0 Å². The largest absolute Gasteiger partial charge is 0.314 e. The normalized spacial score (nSPS) is 28.9. The molecule has 0 aromatic rings. The standard InChI is InChI=1S/C6H11F3N2/c7-5(6(8)9)4-3-10-1-2-11-4/h4-6,10-11H,1-3H2. The molecule has 1 aliphatic heterocycles. The molecule has 2 atom stereocenters. The van der Waals surface area contributed by atoms with E-state index in [4.69, 9.17) is 0 Å². The molecule has 0 amide bonds. The predicted octanol–water partition coefficient (Wildman–Crippen LogP) is 0.151. The molecule has 2 nitrogen and oxygen atoms in total. The summed E-state index contributed by atoms with van der Waals surface area (Å²) in [6.07, 6.45) is -4.94. The lowest BCUT2D eigenvalue weighted by molar-refractivity contribution is 0.0253. The minimum Gasteiger partial charge on any atom is -0.314 e. The molecule has 11 heavy (non-hydrogen) atoms. The van der Waals surface area contributed by atoms with Crippen LogP contribution >= 0.6 is 0 Å². The monoisotopic (exact) mass is 168 g/mol. The van der Waals surface area contributed by atoms with Gasteiger partial charge in [0.25, 0.3) is 6.43 Å². The summed E-state index contributed by atoms with van der Waals surface area (Å²) < 4.78 is 36.1. The summed E-state index contributed by atoms with van der Waals surface area (Å²) >= 11 is 0. The molecular weight excluding hydrogens is 157 g/mol. The number of nitrogens with one attached hydrogen (secondary N) is 2. The highest BCUT2D eigenvalue weighted by Crippen LogP contribution is 2.10. The predicted molar refractivity (Wildman–Crippen MR) is 35.6 cm³/mol. The van der Waals surface area contributed by atoms with E-state index in [1.165, 1.54) is 0 Å². The molecule has 5 heteroatoms. The second kappa shape index (κ2) is 3.92. The Morgan fingerprint density at radius 1 is 1.18 bits per heavy atom. The van der Waals surface area contributed by atoms with Crippen molar-refractivity contribution in [1.29, 1.82) is 0 Å². The van der Waals surface area contributed by atoms with Gasteiger partial charge in [0, 0.05) is 19.6 Å². The van der Waals surface area contributed by atoms with E-state index < -0.39 is 18.6 Å². The van der Waals surface area contributed by atoms with E-state index in [0.29, 0.717) is 13.1 Å². The lowest BCUT2D eigenvalue weighted by Gasteiger charge is -2.26. The second-order valence-electron chi connectivity index (χ2n) is 2.54. The number of hydrogen-bond acceptors (Lipinski definition) is 2. The highest BCUT2D eigenvalue weighted by atomic mass is 19.3. The van der Waals surface area contributed by atoms with Crippen molar-refractivity contribution in [3.05, 3.63) is 0 Å². The Morgan fingerprint density at radius 2 is 1.91 bits per heavy atom. The molecule has 2 unspecified atom stereocenters. The minimum atomic E-state index is -2.88.